The Balaban J connectivity index is 3.49. The normalized spacial score (nSPS) is 16.5. The quantitative estimate of drug-likeness (QED) is 0.641. The van der Waals surface area contributed by atoms with E-state index < -0.39 is 0 Å². The average molecular weight is 173 g/mol. The molecule has 2 unspecified atom stereocenters. The summed E-state index contributed by atoms with van der Waals surface area (Å²) in [6, 6.07) is 0.466. The van der Waals surface area contributed by atoms with Gasteiger partial charge in [0.15, 0.2) is 0 Å². The van der Waals surface area contributed by atoms with E-state index in [1.165, 1.54) is 0 Å². The Kier molecular flexibility index (Phi) is 6.39. The fourth-order valence-corrected chi connectivity index (χ4v) is 1.21. The molecule has 0 rings (SSSR count). The van der Waals surface area contributed by atoms with Gasteiger partial charge in [0.25, 0.3) is 0 Å². The van der Waals surface area contributed by atoms with Crippen LogP contribution >= 0.6 is 0 Å². The summed E-state index contributed by atoms with van der Waals surface area (Å²) in [4.78, 5) is 0. The zero-order valence-corrected chi connectivity index (χ0v) is 8.80. The second kappa shape index (κ2) is 6.44. The molecular weight excluding hydrogens is 150 g/mol. The Labute approximate surface area is 76.4 Å². The maximum absolute atomic E-state index is 9.64. The lowest BCUT2D eigenvalue weighted by Crippen LogP contribution is -2.35. The van der Waals surface area contributed by atoms with Crippen LogP contribution in [0.3, 0.4) is 0 Å². The smallest absolute Gasteiger partial charge is 0.0690 e. The van der Waals surface area contributed by atoms with Crippen LogP contribution in [-0.4, -0.2) is 23.8 Å². The molecule has 2 N–H and O–H groups in total. The molecule has 2 atom stereocenters. The Bertz CT molecular complexity index is 104. The summed E-state index contributed by atoms with van der Waals surface area (Å²) in [5.74, 6) is 0.418. The molecule has 74 valence electrons. The highest BCUT2D eigenvalue weighted by molar-refractivity contribution is 4.67. The third kappa shape index (κ3) is 5.56. The van der Waals surface area contributed by atoms with Crippen LogP contribution in [0.25, 0.3) is 0 Å². The van der Waals surface area contributed by atoms with Gasteiger partial charge in [-0.05, 0) is 12.3 Å². The van der Waals surface area contributed by atoms with Gasteiger partial charge in [0.1, 0.15) is 0 Å². The van der Waals surface area contributed by atoms with Gasteiger partial charge in [-0.2, -0.15) is 0 Å². The van der Waals surface area contributed by atoms with Crippen LogP contribution in [0.5, 0.6) is 0 Å². The molecule has 0 aliphatic carbocycles. The number of hydrogen-bond donors (Lipinski definition) is 2. The van der Waals surface area contributed by atoms with Crippen molar-refractivity contribution in [1.29, 1.82) is 0 Å². The first-order chi connectivity index (χ1) is 5.57. The minimum absolute atomic E-state index is 0.188. The summed E-state index contributed by atoms with van der Waals surface area (Å²) in [5, 5.41) is 12.9. The molecule has 0 radical (unpaired) electrons. The molecule has 0 aromatic heterocycles. The largest absolute Gasteiger partial charge is 0.392 e. The lowest BCUT2D eigenvalue weighted by molar-refractivity contribution is 0.108. The Morgan fingerprint density at radius 2 is 1.83 bits per heavy atom. The molecule has 0 aliphatic rings. The predicted molar refractivity (Wildman–Crippen MR) is 53.2 cm³/mol. The molecule has 12 heavy (non-hydrogen) atoms. The van der Waals surface area contributed by atoms with E-state index >= 15 is 0 Å². The SMILES string of the molecule is CCCC(C)C(O)CNC(C)C. The van der Waals surface area contributed by atoms with Gasteiger partial charge in [-0.15, -0.1) is 0 Å². The number of hydrogen-bond acceptors (Lipinski definition) is 2. The van der Waals surface area contributed by atoms with Crippen molar-refractivity contribution in [2.75, 3.05) is 6.54 Å². The van der Waals surface area contributed by atoms with Gasteiger partial charge in [-0.25, -0.2) is 0 Å². The van der Waals surface area contributed by atoms with Crippen LogP contribution in [-0.2, 0) is 0 Å². The van der Waals surface area contributed by atoms with Crippen LogP contribution in [0.4, 0.5) is 0 Å². The van der Waals surface area contributed by atoms with Crippen LogP contribution in [0, 0.1) is 5.92 Å². The van der Waals surface area contributed by atoms with E-state index in [-0.39, 0.29) is 6.10 Å². The predicted octanol–water partition coefficient (Wildman–Crippen LogP) is 1.78. The Hall–Kier alpha value is -0.0800. The van der Waals surface area contributed by atoms with Crippen LogP contribution in [0.1, 0.15) is 40.5 Å². The van der Waals surface area contributed by atoms with Crippen molar-refractivity contribution in [2.45, 2.75) is 52.7 Å². The minimum atomic E-state index is -0.188. The molecule has 0 spiro atoms. The lowest BCUT2D eigenvalue weighted by Gasteiger charge is -2.19. The maximum Gasteiger partial charge on any atom is 0.0690 e. The maximum atomic E-state index is 9.64. The first-order valence-corrected chi connectivity index (χ1v) is 4.99. The second-order valence-electron chi connectivity index (χ2n) is 3.90. The highest BCUT2D eigenvalue weighted by Gasteiger charge is 2.12. The molecule has 0 fully saturated rings. The summed E-state index contributed by atoms with van der Waals surface area (Å²) in [7, 11) is 0. The monoisotopic (exact) mass is 173 g/mol. The summed E-state index contributed by atoms with van der Waals surface area (Å²) < 4.78 is 0. The third-order valence-corrected chi connectivity index (χ3v) is 2.14. The first-order valence-electron chi connectivity index (χ1n) is 4.99. The van der Waals surface area contributed by atoms with E-state index in [9.17, 15) is 5.11 Å². The molecule has 0 amide bonds. The van der Waals surface area contributed by atoms with Gasteiger partial charge in [-0.3, -0.25) is 0 Å². The molecule has 0 aliphatic heterocycles. The average Bonchev–Trinajstić information content (AvgIpc) is 2.00. The first kappa shape index (κ1) is 11.9. The summed E-state index contributed by atoms with van der Waals surface area (Å²) in [6.07, 6.45) is 2.08. The Morgan fingerprint density at radius 3 is 2.25 bits per heavy atom. The van der Waals surface area contributed by atoms with Gasteiger partial charge in [0, 0.05) is 12.6 Å². The van der Waals surface area contributed by atoms with Gasteiger partial charge in [0.05, 0.1) is 6.10 Å². The van der Waals surface area contributed by atoms with Crippen LogP contribution < -0.4 is 5.32 Å². The topological polar surface area (TPSA) is 32.3 Å². The van der Waals surface area contributed by atoms with Crippen molar-refractivity contribution in [3.05, 3.63) is 0 Å². The van der Waals surface area contributed by atoms with Crippen LogP contribution in [0.2, 0.25) is 0 Å². The van der Waals surface area contributed by atoms with E-state index in [4.69, 9.17) is 0 Å². The minimum Gasteiger partial charge on any atom is -0.392 e. The van der Waals surface area contributed by atoms with E-state index in [1.54, 1.807) is 0 Å². The number of nitrogens with one attached hydrogen (secondary N) is 1. The molecule has 2 nitrogen and oxygen atoms in total. The van der Waals surface area contributed by atoms with Gasteiger partial charge < -0.3 is 10.4 Å². The van der Waals surface area contributed by atoms with Crippen molar-refractivity contribution in [3.8, 4) is 0 Å². The number of rotatable bonds is 6. The molecular formula is C10H23NO. The lowest BCUT2D eigenvalue weighted by atomic mass is 9.99. The van der Waals surface area contributed by atoms with Crippen molar-refractivity contribution < 1.29 is 5.11 Å². The van der Waals surface area contributed by atoms with E-state index in [1.807, 2.05) is 0 Å². The number of aliphatic hydroxyl groups excluding tert-OH is 1. The zero-order valence-electron chi connectivity index (χ0n) is 8.80. The molecule has 0 heterocycles. The summed E-state index contributed by atoms with van der Waals surface area (Å²) in [6.45, 7) is 9.17. The van der Waals surface area contributed by atoms with E-state index in [0.29, 0.717) is 12.0 Å². The highest BCUT2D eigenvalue weighted by Crippen LogP contribution is 2.09. The third-order valence-electron chi connectivity index (χ3n) is 2.14. The van der Waals surface area contributed by atoms with E-state index in [2.05, 4.69) is 33.0 Å². The van der Waals surface area contributed by atoms with Crippen molar-refractivity contribution in [2.24, 2.45) is 5.92 Å². The molecule has 0 aromatic rings. The van der Waals surface area contributed by atoms with E-state index in [0.717, 1.165) is 19.4 Å². The van der Waals surface area contributed by atoms with Crippen molar-refractivity contribution in [3.63, 3.8) is 0 Å². The van der Waals surface area contributed by atoms with Gasteiger partial charge in [0.2, 0.25) is 0 Å². The molecule has 0 aromatic carbocycles. The summed E-state index contributed by atoms with van der Waals surface area (Å²) >= 11 is 0. The molecule has 0 bridgehead atoms. The zero-order chi connectivity index (χ0) is 9.56. The fourth-order valence-electron chi connectivity index (χ4n) is 1.21. The van der Waals surface area contributed by atoms with Gasteiger partial charge in [-0.1, -0.05) is 34.1 Å². The molecule has 2 heteroatoms. The summed E-state index contributed by atoms with van der Waals surface area (Å²) in [5.41, 5.74) is 0. The fraction of sp³-hybridized carbons (Fsp3) is 1.00. The molecule has 0 saturated carbocycles. The van der Waals surface area contributed by atoms with Crippen molar-refractivity contribution >= 4 is 0 Å². The Morgan fingerprint density at radius 1 is 1.25 bits per heavy atom. The number of aliphatic hydroxyl groups is 1. The second-order valence-corrected chi connectivity index (χ2v) is 3.90. The standard InChI is InChI=1S/C10H23NO/c1-5-6-9(4)10(12)7-11-8(2)3/h8-12H,5-7H2,1-4H3. The molecule has 0 saturated heterocycles. The highest BCUT2D eigenvalue weighted by atomic mass is 16.3. The van der Waals surface area contributed by atoms with Gasteiger partial charge >= 0.3 is 0 Å². The van der Waals surface area contributed by atoms with Crippen LogP contribution in [0.15, 0.2) is 0 Å². The van der Waals surface area contributed by atoms with Crippen molar-refractivity contribution in [1.82, 2.24) is 5.32 Å².